The van der Waals surface area contributed by atoms with Crippen LogP contribution in [0.15, 0.2) is 24.3 Å². The van der Waals surface area contributed by atoms with Crippen LogP contribution in [0.4, 0.5) is 5.69 Å². The number of piperidine rings is 1. The molecule has 1 aromatic carbocycles. The van der Waals surface area contributed by atoms with Gasteiger partial charge in [0.2, 0.25) is 11.8 Å². The van der Waals surface area contributed by atoms with Crippen molar-refractivity contribution < 1.29 is 9.59 Å². The highest BCUT2D eigenvalue weighted by atomic mass is 127. The molecule has 1 saturated heterocycles. The lowest BCUT2D eigenvalue weighted by atomic mass is 9.96. The second-order valence-electron chi connectivity index (χ2n) is 4.67. The molecule has 2 aliphatic rings. The molecule has 0 spiro atoms. The second kappa shape index (κ2) is 4.08. The molecule has 17 heavy (non-hydrogen) atoms. The first kappa shape index (κ1) is 11.2. The van der Waals surface area contributed by atoms with Gasteiger partial charge in [-0.05, 0) is 54.0 Å². The minimum absolute atomic E-state index is 0.00661. The number of carbonyl (C=O) groups is 2. The number of para-hydroxylation sites is 1. The van der Waals surface area contributed by atoms with Crippen molar-refractivity contribution in [2.24, 2.45) is 11.8 Å². The van der Waals surface area contributed by atoms with Crippen LogP contribution in [0, 0.1) is 15.4 Å². The van der Waals surface area contributed by atoms with Gasteiger partial charge in [0.15, 0.2) is 0 Å². The number of hydrogen-bond acceptors (Lipinski definition) is 2. The van der Waals surface area contributed by atoms with Crippen LogP contribution in [-0.2, 0) is 9.59 Å². The fourth-order valence-electron chi connectivity index (χ4n) is 2.77. The Morgan fingerprint density at radius 1 is 1.06 bits per heavy atom. The predicted octanol–water partition coefficient (Wildman–Crippen LogP) is 2.58. The summed E-state index contributed by atoms with van der Waals surface area (Å²) < 4.78 is 0.952. The van der Waals surface area contributed by atoms with Crippen LogP contribution in [0.1, 0.15) is 19.3 Å². The van der Waals surface area contributed by atoms with Crippen molar-refractivity contribution >= 4 is 40.1 Å². The van der Waals surface area contributed by atoms with Gasteiger partial charge in [-0.1, -0.05) is 12.1 Å². The van der Waals surface area contributed by atoms with Gasteiger partial charge < -0.3 is 0 Å². The Morgan fingerprint density at radius 3 is 2.24 bits per heavy atom. The number of imide groups is 1. The number of halogens is 1. The number of hydrogen-bond donors (Lipinski definition) is 0. The van der Waals surface area contributed by atoms with E-state index in [0.29, 0.717) is 0 Å². The van der Waals surface area contributed by atoms with Gasteiger partial charge in [0.1, 0.15) is 0 Å². The summed E-state index contributed by atoms with van der Waals surface area (Å²) >= 11 is 2.17. The maximum absolute atomic E-state index is 12.2. The van der Waals surface area contributed by atoms with Crippen LogP contribution in [0.3, 0.4) is 0 Å². The van der Waals surface area contributed by atoms with Crippen molar-refractivity contribution in [2.75, 3.05) is 4.90 Å². The maximum atomic E-state index is 12.2. The van der Waals surface area contributed by atoms with Crippen molar-refractivity contribution in [1.29, 1.82) is 0 Å². The fraction of sp³-hybridized carbons (Fsp3) is 0.385. The van der Waals surface area contributed by atoms with Gasteiger partial charge in [-0.25, -0.2) is 4.90 Å². The quantitative estimate of drug-likeness (QED) is 0.582. The number of rotatable bonds is 1. The van der Waals surface area contributed by atoms with Gasteiger partial charge in [-0.2, -0.15) is 0 Å². The van der Waals surface area contributed by atoms with Crippen molar-refractivity contribution in [3.05, 3.63) is 27.8 Å². The van der Waals surface area contributed by atoms with Crippen LogP contribution in [0.5, 0.6) is 0 Å². The number of fused-ring (bicyclic) bond motifs is 2. The van der Waals surface area contributed by atoms with E-state index in [2.05, 4.69) is 22.6 Å². The van der Waals surface area contributed by atoms with Crippen LogP contribution < -0.4 is 4.90 Å². The van der Waals surface area contributed by atoms with Crippen LogP contribution >= 0.6 is 22.6 Å². The van der Waals surface area contributed by atoms with Gasteiger partial charge >= 0.3 is 0 Å². The van der Waals surface area contributed by atoms with Crippen LogP contribution in [0.25, 0.3) is 0 Å². The van der Waals surface area contributed by atoms with E-state index in [-0.39, 0.29) is 23.7 Å². The average Bonchev–Trinajstić information content (AvgIpc) is 2.76. The lowest BCUT2D eigenvalue weighted by Gasteiger charge is -2.30. The number of benzene rings is 1. The SMILES string of the molecule is O=C1C2CCC(C2)C(=O)N1c1ccccc1I. The van der Waals surface area contributed by atoms with E-state index in [9.17, 15) is 9.59 Å². The molecule has 2 atom stereocenters. The van der Waals surface area contributed by atoms with E-state index in [4.69, 9.17) is 0 Å². The van der Waals surface area contributed by atoms with E-state index in [1.165, 1.54) is 4.90 Å². The van der Waals surface area contributed by atoms with E-state index >= 15 is 0 Å². The van der Waals surface area contributed by atoms with Gasteiger partial charge in [-0.15, -0.1) is 0 Å². The summed E-state index contributed by atoms with van der Waals surface area (Å²) in [5.41, 5.74) is 0.750. The Kier molecular flexibility index (Phi) is 2.69. The summed E-state index contributed by atoms with van der Waals surface area (Å²) in [6.07, 6.45) is 2.50. The molecular weight excluding hydrogens is 329 g/mol. The number of anilines is 1. The standard InChI is InChI=1S/C13H12INO2/c14-10-3-1-2-4-11(10)15-12(16)8-5-6-9(7-8)13(15)17/h1-4,8-9H,5-7H2. The molecule has 0 N–H and O–H groups in total. The molecule has 2 fully saturated rings. The fourth-order valence-corrected chi connectivity index (χ4v) is 3.40. The zero-order valence-electron chi connectivity index (χ0n) is 9.23. The minimum Gasteiger partial charge on any atom is -0.274 e. The maximum Gasteiger partial charge on any atom is 0.236 e. The van der Waals surface area contributed by atoms with Crippen molar-refractivity contribution in [3.63, 3.8) is 0 Å². The predicted molar refractivity (Wildman–Crippen MR) is 72.5 cm³/mol. The monoisotopic (exact) mass is 341 g/mol. The molecule has 88 valence electrons. The summed E-state index contributed by atoms with van der Waals surface area (Å²) in [5, 5.41) is 0. The van der Waals surface area contributed by atoms with Gasteiger partial charge in [0.25, 0.3) is 0 Å². The molecule has 1 saturated carbocycles. The van der Waals surface area contributed by atoms with Crippen LogP contribution in [-0.4, -0.2) is 11.8 Å². The Hall–Kier alpha value is -0.910. The average molecular weight is 341 g/mol. The minimum atomic E-state index is -0.00661. The summed E-state index contributed by atoms with van der Waals surface area (Å²) in [7, 11) is 0. The largest absolute Gasteiger partial charge is 0.274 e. The van der Waals surface area contributed by atoms with Crippen molar-refractivity contribution in [2.45, 2.75) is 19.3 Å². The van der Waals surface area contributed by atoms with E-state index in [0.717, 1.165) is 28.5 Å². The summed E-state index contributed by atoms with van der Waals surface area (Å²) in [6, 6.07) is 7.56. The third kappa shape index (κ3) is 1.69. The number of amides is 2. The van der Waals surface area contributed by atoms with Crippen LogP contribution in [0.2, 0.25) is 0 Å². The molecule has 2 bridgehead atoms. The molecule has 1 heterocycles. The number of nitrogens with zero attached hydrogens (tertiary/aromatic N) is 1. The van der Waals surface area contributed by atoms with Gasteiger partial charge in [0.05, 0.1) is 5.69 Å². The zero-order chi connectivity index (χ0) is 12.0. The first-order valence-corrected chi connectivity index (χ1v) is 6.88. The highest BCUT2D eigenvalue weighted by Gasteiger charge is 2.46. The molecule has 3 rings (SSSR count). The molecular formula is C13H12INO2. The lowest BCUT2D eigenvalue weighted by molar-refractivity contribution is -0.133. The molecule has 0 aromatic heterocycles. The third-order valence-electron chi connectivity index (χ3n) is 3.67. The molecule has 4 heteroatoms. The third-order valence-corrected chi connectivity index (χ3v) is 4.58. The van der Waals surface area contributed by atoms with Crippen molar-refractivity contribution in [1.82, 2.24) is 0 Å². The van der Waals surface area contributed by atoms with Gasteiger partial charge in [0, 0.05) is 15.4 Å². The molecule has 1 aromatic rings. The first-order valence-electron chi connectivity index (χ1n) is 5.81. The lowest BCUT2D eigenvalue weighted by Crippen LogP contribution is -2.46. The summed E-state index contributed by atoms with van der Waals surface area (Å²) in [6.45, 7) is 0. The highest BCUT2D eigenvalue weighted by Crippen LogP contribution is 2.40. The Morgan fingerprint density at radius 2 is 1.65 bits per heavy atom. The summed E-state index contributed by atoms with van der Waals surface area (Å²) in [4.78, 5) is 25.9. The Labute approximate surface area is 113 Å². The topological polar surface area (TPSA) is 37.4 Å². The van der Waals surface area contributed by atoms with E-state index in [1.807, 2.05) is 24.3 Å². The molecule has 1 aliphatic heterocycles. The normalized spacial score (nSPS) is 27.7. The molecule has 2 amide bonds. The second-order valence-corrected chi connectivity index (χ2v) is 5.83. The highest BCUT2D eigenvalue weighted by molar-refractivity contribution is 14.1. The zero-order valence-corrected chi connectivity index (χ0v) is 11.4. The van der Waals surface area contributed by atoms with E-state index in [1.54, 1.807) is 0 Å². The smallest absolute Gasteiger partial charge is 0.236 e. The Bertz CT molecular complexity index is 478. The molecule has 0 radical (unpaired) electrons. The van der Waals surface area contributed by atoms with Gasteiger partial charge in [-0.3, -0.25) is 9.59 Å². The van der Waals surface area contributed by atoms with E-state index < -0.39 is 0 Å². The summed E-state index contributed by atoms with van der Waals surface area (Å²) in [5.74, 6) is 0.114. The number of carbonyl (C=O) groups excluding carboxylic acids is 2. The molecule has 3 nitrogen and oxygen atoms in total. The molecule has 2 unspecified atom stereocenters. The van der Waals surface area contributed by atoms with Crippen molar-refractivity contribution in [3.8, 4) is 0 Å². The first-order chi connectivity index (χ1) is 8.18. The Balaban J connectivity index is 2.05. The molecule has 1 aliphatic carbocycles.